The number of ether oxygens (including phenoxy) is 1. The molecule has 0 amide bonds. The van der Waals surface area contributed by atoms with Gasteiger partial charge in [-0.15, -0.1) is 0 Å². The molecule has 0 aliphatic heterocycles. The second-order valence-electron chi connectivity index (χ2n) is 3.33. The Kier molecular flexibility index (Phi) is 5.52. The summed E-state index contributed by atoms with van der Waals surface area (Å²) in [5.41, 5.74) is 0.941. The molecule has 0 bridgehead atoms. The van der Waals surface area contributed by atoms with E-state index in [0.717, 1.165) is 11.6 Å². The van der Waals surface area contributed by atoms with Gasteiger partial charge in [-0.1, -0.05) is 23.7 Å². The molecule has 5 heteroatoms. The van der Waals surface area contributed by atoms with Gasteiger partial charge < -0.3 is 15.2 Å². The Hall–Kier alpha value is -1.52. The molecule has 1 rings (SSSR count). The van der Waals surface area contributed by atoms with Gasteiger partial charge in [-0.3, -0.25) is 0 Å². The molecule has 0 spiro atoms. The van der Waals surface area contributed by atoms with Gasteiger partial charge in [0.2, 0.25) is 0 Å². The number of hydrogen-bond donors (Lipinski definition) is 2. The number of benzene rings is 1. The van der Waals surface area contributed by atoms with Crippen molar-refractivity contribution in [1.82, 2.24) is 5.32 Å². The van der Waals surface area contributed by atoms with Crippen molar-refractivity contribution < 1.29 is 14.6 Å². The number of carboxylic acids is 1. The first-order valence-corrected chi connectivity index (χ1v) is 5.44. The summed E-state index contributed by atoms with van der Waals surface area (Å²) in [6.45, 7) is 1.06. The number of hydrogen-bond acceptors (Lipinski definition) is 3. The maximum Gasteiger partial charge on any atom is 0.328 e. The third-order valence-electron chi connectivity index (χ3n) is 2.10. The molecule has 0 aliphatic rings. The molecule has 0 aromatic heterocycles. The zero-order chi connectivity index (χ0) is 12.7. The van der Waals surface area contributed by atoms with E-state index in [1.165, 1.54) is 0 Å². The summed E-state index contributed by atoms with van der Waals surface area (Å²) in [5.74, 6) is -0.237. The molecule has 1 aromatic carbocycles. The number of nitrogens with one attached hydrogen (secondary N) is 1. The minimum absolute atomic E-state index is 0.481. The molecule has 0 unspecified atom stereocenters. The summed E-state index contributed by atoms with van der Waals surface area (Å²) >= 11 is 6.04. The van der Waals surface area contributed by atoms with Crippen molar-refractivity contribution in [3.63, 3.8) is 0 Å². The third kappa shape index (κ3) is 4.89. The first-order chi connectivity index (χ1) is 8.13. The highest BCUT2D eigenvalue weighted by Gasteiger charge is 2.01. The van der Waals surface area contributed by atoms with Crippen LogP contribution in [0, 0.1) is 0 Å². The van der Waals surface area contributed by atoms with Crippen molar-refractivity contribution >= 4 is 17.6 Å². The molecule has 0 heterocycles. The van der Waals surface area contributed by atoms with Gasteiger partial charge in [0, 0.05) is 24.2 Å². The Bertz CT molecular complexity index is 418. The minimum atomic E-state index is -0.950. The van der Waals surface area contributed by atoms with Crippen LogP contribution in [-0.4, -0.2) is 24.7 Å². The van der Waals surface area contributed by atoms with Crippen LogP contribution in [0.5, 0.6) is 5.75 Å². The van der Waals surface area contributed by atoms with Gasteiger partial charge in [-0.25, -0.2) is 4.79 Å². The Morgan fingerprint density at radius 3 is 2.94 bits per heavy atom. The summed E-state index contributed by atoms with van der Waals surface area (Å²) in [5, 5.41) is 12.1. The average Bonchev–Trinajstić information content (AvgIpc) is 2.30. The van der Waals surface area contributed by atoms with Gasteiger partial charge in [0.15, 0.2) is 0 Å². The molecule has 0 saturated carbocycles. The van der Waals surface area contributed by atoms with E-state index in [2.05, 4.69) is 5.32 Å². The zero-order valence-electron chi connectivity index (χ0n) is 9.44. The van der Waals surface area contributed by atoms with Crippen LogP contribution in [0.2, 0.25) is 5.02 Å². The Labute approximate surface area is 105 Å². The van der Waals surface area contributed by atoms with Gasteiger partial charge in [0.05, 0.1) is 7.11 Å². The molecule has 2 N–H and O–H groups in total. The maximum absolute atomic E-state index is 10.2. The maximum atomic E-state index is 10.2. The summed E-state index contributed by atoms with van der Waals surface area (Å²) in [6, 6.07) is 5.44. The van der Waals surface area contributed by atoms with Crippen LogP contribution < -0.4 is 10.1 Å². The van der Waals surface area contributed by atoms with E-state index in [1.807, 2.05) is 12.1 Å². The molecule has 0 saturated heterocycles. The van der Waals surface area contributed by atoms with E-state index in [9.17, 15) is 4.79 Å². The van der Waals surface area contributed by atoms with Crippen LogP contribution in [0.1, 0.15) is 5.56 Å². The molecule has 92 valence electrons. The van der Waals surface area contributed by atoms with E-state index in [4.69, 9.17) is 21.4 Å². The monoisotopic (exact) mass is 255 g/mol. The van der Waals surface area contributed by atoms with Crippen molar-refractivity contribution in [3.05, 3.63) is 40.9 Å². The van der Waals surface area contributed by atoms with Crippen LogP contribution in [-0.2, 0) is 11.3 Å². The largest absolute Gasteiger partial charge is 0.497 e. The number of halogens is 1. The van der Waals surface area contributed by atoms with Gasteiger partial charge in [-0.2, -0.15) is 0 Å². The van der Waals surface area contributed by atoms with Gasteiger partial charge in [-0.05, 0) is 17.7 Å². The summed E-state index contributed by atoms with van der Waals surface area (Å²) in [4.78, 5) is 10.2. The summed E-state index contributed by atoms with van der Waals surface area (Å²) in [6.07, 6.45) is 2.64. The van der Waals surface area contributed by atoms with Crippen LogP contribution >= 0.6 is 11.6 Å². The topological polar surface area (TPSA) is 58.6 Å². The fraction of sp³-hybridized carbons (Fsp3) is 0.250. The van der Waals surface area contributed by atoms with E-state index in [1.54, 1.807) is 19.3 Å². The fourth-order valence-corrected chi connectivity index (χ4v) is 1.49. The minimum Gasteiger partial charge on any atom is -0.497 e. The summed E-state index contributed by atoms with van der Waals surface area (Å²) in [7, 11) is 1.58. The molecule has 1 aromatic rings. The van der Waals surface area contributed by atoms with E-state index in [0.29, 0.717) is 23.9 Å². The van der Waals surface area contributed by atoms with E-state index < -0.39 is 5.97 Å². The quantitative estimate of drug-likeness (QED) is 0.604. The lowest BCUT2D eigenvalue weighted by Gasteiger charge is -2.06. The van der Waals surface area contributed by atoms with E-state index in [-0.39, 0.29) is 0 Å². The molecule has 0 fully saturated rings. The Morgan fingerprint density at radius 2 is 2.35 bits per heavy atom. The fourth-order valence-electron chi connectivity index (χ4n) is 1.25. The first kappa shape index (κ1) is 13.5. The molecule has 4 nitrogen and oxygen atoms in total. The molecule has 0 atom stereocenters. The average molecular weight is 256 g/mol. The molecule has 0 aliphatic carbocycles. The van der Waals surface area contributed by atoms with Crippen molar-refractivity contribution in [2.75, 3.05) is 13.7 Å². The standard InChI is InChI=1S/C12H14ClNO3/c1-17-10-5-4-9(11(13)7-10)8-14-6-2-3-12(15)16/h2-5,7,14H,6,8H2,1H3,(H,15,16)/b3-2+. The second-order valence-corrected chi connectivity index (χ2v) is 3.74. The molecule has 0 radical (unpaired) electrons. The smallest absolute Gasteiger partial charge is 0.328 e. The number of aliphatic carboxylic acids is 1. The summed E-state index contributed by atoms with van der Waals surface area (Å²) < 4.78 is 5.04. The lowest BCUT2D eigenvalue weighted by atomic mass is 10.2. The van der Waals surface area contributed by atoms with Gasteiger partial charge >= 0.3 is 5.97 Å². The van der Waals surface area contributed by atoms with Crippen LogP contribution in [0.25, 0.3) is 0 Å². The van der Waals surface area contributed by atoms with Crippen molar-refractivity contribution in [1.29, 1.82) is 0 Å². The molecular weight excluding hydrogens is 242 g/mol. The number of carbonyl (C=O) groups is 1. The molecular formula is C12H14ClNO3. The van der Waals surface area contributed by atoms with Crippen molar-refractivity contribution in [2.45, 2.75) is 6.54 Å². The van der Waals surface area contributed by atoms with Gasteiger partial charge in [0.1, 0.15) is 5.75 Å². The number of carboxylic acid groups (broad SMARTS) is 1. The predicted molar refractivity (Wildman–Crippen MR) is 66.5 cm³/mol. The molecule has 17 heavy (non-hydrogen) atoms. The first-order valence-electron chi connectivity index (χ1n) is 5.06. The number of methoxy groups -OCH3 is 1. The highest BCUT2D eigenvalue weighted by atomic mass is 35.5. The normalized spacial score (nSPS) is 10.7. The lowest BCUT2D eigenvalue weighted by molar-refractivity contribution is -0.131. The lowest BCUT2D eigenvalue weighted by Crippen LogP contribution is -2.13. The number of rotatable bonds is 6. The Balaban J connectivity index is 2.44. The van der Waals surface area contributed by atoms with Crippen molar-refractivity contribution in [3.8, 4) is 5.75 Å². The van der Waals surface area contributed by atoms with Crippen molar-refractivity contribution in [2.24, 2.45) is 0 Å². The highest BCUT2D eigenvalue weighted by molar-refractivity contribution is 6.31. The Morgan fingerprint density at radius 1 is 1.59 bits per heavy atom. The predicted octanol–water partition coefficient (Wildman–Crippen LogP) is 2.08. The SMILES string of the molecule is COc1ccc(CNC/C=C/C(=O)O)c(Cl)c1. The zero-order valence-corrected chi connectivity index (χ0v) is 10.2. The second kappa shape index (κ2) is 6.93. The van der Waals surface area contributed by atoms with Gasteiger partial charge in [0.25, 0.3) is 0 Å². The van der Waals surface area contributed by atoms with Crippen LogP contribution in [0.3, 0.4) is 0 Å². The van der Waals surface area contributed by atoms with Crippen LogP contribution in [0.4, 0.5) is 0 Å². The van der Waals surface area contributed by atoms with E-state index >= 15 is 0 Å². The third-order valence-corrected chi connectivity index (χ3v) is 2.45. The van der Waals surface area contributed by atoms with Crippen LogP contribution in [0.15, 0.2) is 30.4 Å². The highest BCUT2D eigenvalue weighted by Crippen LogP contribution is 2.21.